The van der Waals surface area contributed by atoms with E-state index in [1.165, 1.54) is 6.42 Å². The zero-order chi connectivity index (χ0) is 10.7. The highest BCUT2D eigenvalue weighted by Gasteiger charge is 2.15. The maximum Gasteiger partial charge on any atom is 0.162 e. The summed E-state index contributed by atoms with van der Waals surface area (Å²) in [5.74, 6) is 0.0609. The molecular formula is C11H16N2O2. The van der Waals surface area contributed by atoms with Gasteiger partial charge in [-0.3, -0.25) is 9.48 Å². The quantitative estimate of drug-likeness (QED) is 0.709. The Labute approximate surface area is 89.2 Å². The molecule has 82 valence electrons. The lowest BCUT2D eigenvalue weighted by Crippen LogP contribution is -2.24. The molecule has 1 aliphatic rings. The first-order valence-electron chi connectivity index (χ1n) is 5.40. The SMILES string of the molecule is CC(=O)c1cnn(C[C@H]2CCCCO2)c1. The Kier molecular flexibility index (Phi) is 3.16. The van der Waals surface area contributed by atoms with Gasteiger partial charge >= 0.3 is 0 Å². The summed E-state index contributed by atoms with van der Waals surface area (Å²) in [5.41, 5.74) is 0.672. The lowest BCUT2D eigenvalue weighted by atomic mass is 10.1. The average Bonchev–Trinajstić information content (AvgIpc) is 2.68. The summed E-state index contributed by atoms with van der Waals surface area (Å²) in [6.07, 6.45) is 7.15. The summed E-state index contributed by atoms with van der Waals surface area (Å²) in [5, 5.41) is 4.15. The summed E-state index contributed by atoms with van der Waals surface area (Å²) < 4.78 is 7.40. The number of carbonyl (C=O) groups is 1. The average molecular weight is 208 g/mol. The predicted octanol–water partition coefficient (Wildman–Crippen LogP) is 1.65. The normalized spacial score (nSPS) is 21.5. The van der Waals surface area contributed by atoms with Crippen LogP contribution in [0.3, 0.4) is 0 Å². The van der Waals surface area contributed by atoms with Crippen LogP contribution in [0, 0.1) is 0 Å². The van der Waals surface area contributed by atoms with Crippen molar-refractivity contribution in [2.75, 3.05) is 6.61 Å². The monoisotopic (exact) mass is 208 g/mol. The molecule has 0 aliphatic carbocycles. The van der Waals surface area contributed by atoms with Crippen molar-refractivity contribution in [1.82, 2.24) is 9.78 Å². The summed E-state index contributed by atoms with van der Waals surface area (Å²) >= 11 is 0. The summed E-state index contributed by atoms with van der Waals surface area (Å²) in [7, 11) is 0. The largest absolute Gasteiger partial charge is 0.376 e. The molecule has 0 radical (unpaired) electrons. The second-order valence-corrected chi connectivity index (χ2v) is 4.00. The molecule has 1 atom stereocenters. The first-order valence-corrected chi connectivity index (χ1v) is 5.40. The Bertz CT molecular complexity index is 340. The molecular weight excluding hydrogens is 192 g/mol. The van der Waals surface area contributed by atoms with E-state index in [9.17, 15) is 4.79 Å². The van der Waals surface area contributed by atoms with E-state index < -0.39 is 0 Å². The van der Waals surface area contributed by atoms with Crippen molar-refractivity contribution in [3.8, 4) is 0 Å². The van der Waals surface area contributed by atoms with Crippen LogP contribution in [0.2, 0.25) is 0 Å². The van der Waals surface area contributed by atoms with Crippen LogP contribution in [-0.2, 0) is 11.3 Å². The van der Waals surface area contributed by atoms with Gasteiger partial charge in [0, 0.05) is 12.8 Å². The predicted molar refractivity (Wildman–Crippen MR) is 55.8 cm³/mol. The van der Waals surface area contributed by atoms with Gasteiger partial charge < -0.3 is 4.74 Å². The first kappa shape index (κ1) is 10.4. The van der Waals surface area contributed by atoms with Gasteiger partial charge in [0.05, 0.1) is 24.4 Å². The number of rotatable bonds is 3. The van der Waals surface area contributed by atoms with Gasteiger partial charge in [-0.15, -0.1) is 0 Å². The molecule has 0 unspecified atom stereocenters. The highest BCUT2D eigenvalue weighted by atomic mass is 16.5. The number of ether oxygens (including phenoxy) is 1. The molecule has 0 saturated carbocycles. The lowest BCUT2D eigenvalue weighted by Gasteiger charge is -2.22. The topological polar surface area (TPSA) is 44.1 Å². The van der Waals surface area contributed by atoms with E-state index in [4.69, 9.17) is 4.74 Å². The fourth-order valence-corrected chi connectivity index (χ4v) is 1.81. The third kappa shape index (κ3) is 2.65. The molecule has 15 heavy (non-hydrogen) atoms. The molecule has 1 fully saturated rings. The van der Waals surface area contributed by atoms with Crippen molar-refractivity contribution in [3.05, 3.63) is 18.0 Å². The van der Waals surface area contributed by atoms with E-state index in [-0.39, 0.29) is 11.9 Å². The number of nitrogens with zero attached hydrogens (tertiary/aromatic N) is 2. The first-order chi connectivity index (χ1) is 7.25. The van der Waals surface area contributed by atoms with Crippen molar-refractivity contribution in [1.29, 1.82) is 0 Å². The number of hydrogen-bond acceptors (Lipinski definition) is 3. The van der Waals surface area contributed by atoms with Gasteiger partial charge in [0.15, 0.2) is 5.78 Å². The zero-order valence-corrected chi connectivity index (χ0v) is 8.98. The van der Waals surface area contributed by atoms with Gasteiger partial charge in [0.2, 0.25) is 0 Å². The van der Waals surface area contributed by atoms with Crippen molar-refractivity contribution >= 4 is 5.78 Å². The van der Waals surface area contributed by atoms with Gasteiger partial charge in [-0.25, -0.2) is 0 Å². The van der Waals surface area contributed by atoms with E-state index in [0.29, 0.717) is 5.56 Å². The Morgan fingerprint density at radius 1 is 1.67 bits per heavy atom. The smallest absolute Gasteiger partial charge is 0.162 e. The van der Waals surface area contributed by atoms with E-state index in [1.807, 2.05) is 0 Å². The van der Waals surface area contributed by atoms with Crippen LogP contribution in [0.1, 0.15) is 36.5 Å². The minimum Gasteiger partial charge on any atom is -0.376 e. The molecule has 2 rings (SSSR count). The fraction of sp³-hybridized carbons (Fsp3) is 0.636. The van der Waals surface area contributed by atoms with E-state index in [1.54, 1.807) is 24.0 Å². The molecule has 0 bridgehead atoms. The minimum atomic E-state index is 0.0609. The molecule has 0 amide bonds. The molecule has 0 N–H and O–H groups in total. The van der Waals surface area contributed by atoms with Crippen LogP contribution in [0.15, 0.2) is 12.4 Å². The third-order valence-electron chi connectivity index (χ3n) is 2.70. The zero-order valence-electron chi connectivity index (χ0n) is 8.98. The Morgan fingerprint density at radius 3 is 3.13 bits per heavy atom. The molecule has 2 heterocycles. The van der Waals surface area contributed by atoms with Gasteiger partial charge in [-0.05, 0) is 26.2 Å². The van der Waals surface area contributed by atoms with Crippen molar-refractivity contribution in [2.24, 2.45) is 0 Å². The van der Waals surface area contributed by atoms with Crippen LogP contribution >= 0.6 is 0 Å². The Balaban J connectivity index is 1.94. The van der Waals surface area contributed by atoms with E-state index in [0.717, 1.165) is 26.0 Å². The fourth-order valence-electron chi connectivity index (χ4n) is 1.81. The van der Waals surface area contributed by atoms with Gasteiger partial charge in [-0.2, -0.15) is 5.10 Å². The van der Waals surface area contributed by atoms with Crippen LogP contribution in [0.4, 0.5) is 0 Å². The third-order valence-corrected chi connectivity index (χ3v) is 2.70. The molecule has 0 aromatic carbocycles. The number of hydrogen-bond donors (Lipinski definition) is 0. The number of Topliss-reactive ketones (excluding diaryl/α,β-unsaturated/α-hetero) is 1. The van der Waals surface area contributed by atoms with Crippen LogP contribution in [-0.4, -0.2) is 28.3 Å². The molecule has 1 aliphatic heterocycles. The molecule has 4 heteroatoms. The Morgan fingerprint density at radius 2 is 2.53 bits per heavy atom. The molecule has 1 aromatic rings. The standard InChI is InChI=1S/C11H16N2O2/c1-9(14)10-6-12-13(7-10)8-11-4-2-3-5-15-11/h6-7,11H,2-5,8H2,1H3/t11-/m1/s1. The Hall–Kier alpha value is -1.16. The lowest BCUT2D eigenvalue weighted by molar-refractivity contribution is 0.00398. The maximum atomic E-state index is 11.1. The van der Waals surface area contributed by atoms with Crippen LogP contribution < -0.4 is 0 Å². The van der Waals surface area contributed by atoms with Crippen molar-refractivity contribution in [2.45, 2.75) is 38.8 Å². The number of aromatic nitrogens is 2. The summed E-state index contributed by atoms with van der Waals surface area (Å²) in [4.78, 5) is 11.1. The van der Waals surface area contributed by atoms with Crippen LogP contribution in [0.5, 0.6) is 0 Å². The van der Waals surface area contributed by atoms with Crippen molar-refractivity contribution in [3.63, 3.8) is 0 Å². The molecule has 0 spiro atoms. The van der Waals surface area contributed by atoms with Crippen LogP contribution in [0.25, 0.3) is 0 Å². The summed E-state index contributed by atoms with van der Waals surface area (Å²) in [6, 6.07) is 0. The number of carbonyl (C=O) groups excluding carboxylic acids is 1. The second-order valence-electron chi connectivity index (χ2n) is 4.00. The molecule has 1 aromatic heterocycles. The molecule has 1 saturated heterocycles. The van der Waals surface area contributed by atoms with Gasteiger partial charge in [0.25, 0.3) is 0 Å². The van der Waals surface area contributed by atoms with E-state index in [2.05, 4.69) is 5.10 Å². The van der Waals surface area contributed by atoms with Crippen molar-refractivity contribution < 1.29 is 9.53 Å². The maximum absolute atomic E-state index is 11.1. The second kappa shape index (κ2) is 4.57. The van der Waals surface area contributed by atoms with Gasteiger partial charge in [-0.1, -0.05) is 0 Å². The van der Waals surface area contributed by atoms with E-state index >= 15 is 0 Å². The minimum absolute atomic E-state index is 0.0609. The van der Waals surface area contributed by atoms with Gasteiger partial charge in [0.1, 0.15) is 0 Å². The molecule has 4 nitrogen and oxygen atoms in total. The highest BCUT2D eigenvalue weighted by molar-refractivity contribution is 5.93. The highest BCUT2D eigenvalue weighted by Crippen LogP contribution is 2.14. The number of ketones is 1. The summed E-state index contributed by atoms with van der Waals surface area (Å²) in [6.45, 7) is 3.16.